The van der Waals surface area contributed by atoms with E-state index in [9.17, 15) is 0 Å². The Morgan fingerprint density at radius 1 is 1.21 bits per heavy atom. The lowest BCUT2D eigenvalue weighted by Crippen LogP contribution is -2.01. The number of aromatic nitrogens is 1. The predicted molar refractivity (Wildman–Crippen MR) is 59.1 cm³/mol. The Hall–Kier alpha value is -1.41. The summed E-state index contributed by atoms with van der Waals surface area (Å²) in [6.07, 6.45) is 0. The second-order valence-corrected chi connectivity index (χ2v) is 3.61. The van der Waals surface area contributed by atoms with E-state index in [1.54, 1.807) is 0 Å². The summed E-state index contributed by atoms with van der Waals surface area (Å²) >= 11 is 0. The summed E-state index contributed by atoms with van der Waals surface area (Å²) in [5.41, 5.74) is 10.1. The Kier molecular flexibility index (Phi) is 2.22. The molecule has 14 heavy (non-hydrogen) atoms. The zero-order chi connectivity index (χ0) is 10.1. The average Bonchev–Trinajstić information content (AvgIpc) is 2.19. The highest BCUT2D eigenvalue weighted by atomic mass is 14.7. The van der Waals surface area contributed by atoms with Gasteiger partial charge in [0.15, 0.2) is 0 Å². The normalized spacial score (nSPS) is 10.8. The number of nitrogens with zero attached hydrogens (tertiary/aromatic N) is 1. The summed E-state index contributed by atoms with van der Waals surface area (Å²) in [6.45, 7) is 4.68. The minimum atomic E-state index is 0.505. The van der Waals surface area contributed by atoms with Crippen molar-refractivity contribution in [1.29, 1.82) is 0 Å². The lowest BCUT2D eigenvalue weighted by molar-refractivity contribution is 1.00. The van der Waals surface area contributed by atoms with E-state index in [1.165, 1.54) is 16.5 Å². The largest absolute Gasteiger partial charge is 0.325 e. The molecule has 0 saturated carbocycles. The first-order valence-electron chi connectivity index (χ1n) is 4.78. The van der Waals surface area contributed by atoms with Crippen LogP contribution in [0, 0.1) is 13.8 Å². The summed E-state index contributed by atoms with van der Waals surface area (Å²) in [5, 5.41) is 1.22. The van der Waals surface area contributed by atoms with Gasteiger partial charge in [0.05, 0.1) is 11.2 Å². The molecule has 1 aromatic heterocycles. The highest BCUT2D eigenvalue weighted by molar-refractivity contribution is 5.84. The lowest BCUT2D eigenvalue weighted by atomic mass is 10.1. The van der Waals surface area contributed by atoms with Crippen molar-refractivity contribution < 1.29 is 0 Å². The van der Waals surface area contributed by atoms with Crippen LogP contribution in [0.15, 0.2) is 24.3 Å². The number of fused-ring (bicyclic) bond motifs is 1. The molecule has 0 atom stereocenters. The SMILES string of the molecule is Cc1cc(CN)nc2c(C)cccc12. The van der Waals surface area contributed by atoms with Gasteiger partial charge in [-0.25, -0.2) is 0 Å². The summed E-state index contributed by atoms with van der Waals surface area (Å²) < 4.78 is 0. The number of rotatable bonds is 1. The second kappa shape index (κ2) is 3.39. The summed E-state index contributed by atoms with van der Waals surface area (Å²) in [5.74, 6) is 0. The molecule has 0 spiro atoms. The van der Waals surface area contributed by atoms with Gasteiger partial charge < -0.3 is 5.73 Å². The first kappa shape index (κ1) is 9.16. The van der Waals surface area contributed by atoms with Crippen molar-refractivity contribution in [3.63, 3.8) is 0 Å². The fourth-order valence-corrected chi connectivity index (χ4v) is 1.73. The van der Waals surface area contributed by atoms with E-state index in [0.717, 1.165) is 11.2 Å². The van der Waals surface area contributed by atoms with Gasteiger partial charge in [0, 0.05) is 11.9 Å². The van der Waals surface area contributed by atoms with E-state index in [0.29, 0.717) is 6.54 Å². The highest BCUT2D eigenvalue weighted by Crippen LogP contribution is 2.20. The van der Waals surface area contributed by atoms with Crippen LogP contribution >= 0.6 is 0 Å². The first-order valence-corrected chi connectivity index (χ1v) is 4.78. The van der Waals surface area contributed by atoms with E-state index in [1.807, 2.05) is 0 Å². The van der Waals surface area contributed by atoms with Gasteiger partial charge in [-0.1, -0.05) is 18.2 Å². The molecule has 1 heterocycles. The average molecular weight is 186 g/mol. The summed E-state index contributed by atoms with van der Waals surface area (Å²) in [7, 11) is 0. The van der Waals surface area contributed by atoms with Gasteiger partial charge in [-0.3, -0.25) is 4.98 Å². The minimum absolute atomic E-state index is 0.505. The fourth-order valence-electron chi connectivity index (χ4n) is 1.73. The number of nitrogens with two attached hydrogens (primary N) is 1. The van der Waals surface area contributed by atoms with Crippen molar-refractivity contribution in [3.8, 4) is 0 Å². The molecule has 0 saturated heterocycles. The van der Waals surface area contributed by atoms with E-state index in [-0.39, 0.29) is 0 Å². The minimum Gasteiger partial charge on any atom is -0.325 e. The van der Waals surface area contributed by atoms with Crippen LogP contribution in [-0.2, 0) is 6.54 Å². The standard InChI is InChI=1S/C12H14N2/c1-8-4-3-5-11-9(2)6-10(7-13)14-12(8)11/h3-6H,7,13H2,1-2H3. The molecular formula is C12H14N2. The zero-order valence-corrected chi connectivity index (χ0v) is 8.54. The third-order valence-corrected chi connectivity index (χ3v) is 2.51. The number of hydrogen-bond donors (Lipinski definition) is 1. The number of para-hydroxylation sites is 1. The molecule has 2 N–H and O–H groups in total. The Morgan fingerprint density at radius 3 is 2.71 bits per heavy atom. The van der Waals surface area contributed by atoms with Crippen LogP contribution in [0.2, 0.25) is 0 Å². The molecule has 72 valence electrons. The molecule has 0 aliphatic heterocycles. The van der Waals surface area contributed by atoms with Crippen LogP contribution in [0.3, 0.4) is 0 Å². The Balaban J connectivity index is 2.83. The van der Waals surface area contributed by atoms with Crippen molar-refractivity contribution in [2.24, 2.45) is 5.73 Å². The fraction of sp³-hybridized carbons (Fsp3) is 0.250. The maximum atomic E-state index is 5.60. The van der Waals surface area contributed by atoms with E-state index in [2.05, 4.69) is 43.1 Å². The van der Waals surface area contributed by atoms with E-state index in [4.69, 9.17) is 5.73 Å². The molecule has 0 bridgehead atoms. The van der Waals surface area contributed by atoms with Crippen molar-refractivity contribution in [2.45, 2.75) is 20.4 Å². The highest BCUT2D eigenvalue weighted by Gasteiger charge is 2.03. The number of hydrogen-bond acceptors (Lipinski definition) is 2. The molecule has 1 aromatic carbocycles. The Morgan fingerprint density at radius 2 is 2.00 bits per heavy atom. The topological polar surface area (TPSA) is 38.9 Å². The van der Waals surface area contributed by atoms with E-state index < -0.39 is 0 Å². The third kappa shape index (κ3) is 1.38. The molecule has 2 nitrogen and oxygen atoms in total. The van der Waals surface area contributed by atoms with E-state index >= 15 is 0 Å². The molecule has 0 unspecified atom stereocenters. The number of benzene rings is 1. The Bertz CT molecular complexity index is 475. The second-order valence-electron chi connectivity index (χ2n) is 3.61. The molecule has 0 radical (unpaired) electrons. The smallest absolute Gasteiger partial charge is 0.0737 e. The monoisotopic (exact) mass is 186 g/mol. The van der Waals surface area contributed by atoms with Gasteiger partial charge in [0.2, 0.25) is 0 Å². The molecule has 0 fully saturated rings. The van der Waals surface area contributed by atoms with Crippen molar-refractivity contribution >= 4 is 10.9 Å². The van der Waals surface area contributed by atoms with Crippen LogP contribution in [-0.4, -0.2) is 4.98 Å². The van der Waals surface area contributed by atoms with Gasteiger partial charge in [-0.05, 0) is 31.0 Å². The van der Waals surface area contributed by atoms with Crippen molar-refractivity contribution in [3.05, 3.63) is 41.1 Å². The predicted octanol–water partition coefficient (Wildman–Crippen LogP) is 2.31. The molecule has 0 aliphatic rings. The quantitative estimate of drug-likeness (QED) is 0.742. The van der Waals surface area contributed by atoms with Crippen molar-refractivity contribution in [2.75, 3.05) is 0 Å². The Labute approximate surface area is 83.8 Å². The molecule has 2 heteroatoms. The number of pyridine rings is 1. The molecule has 0 aliphatic carbocycles. The lowest BCUT2D eigenvalue weighted by Gasteiger charge is -2.06. The first-order chi connectivity index (χ1) is 6.72. The van der Waals surface area contributed by atoms with Crippen molar-refractivity contribution in [1.82, 2.24) is 4.98 Å². The van der Waals surface area contributed by atoms with Crippen LogP contribution < -0.4 is 5.73 Å². The third-order valence-electron chi connectivity index (χ3n) is 2.51. The summed E-state index contributed by atoms with van der Waals surface area (Å²) in [6, 6.07) is 8.30. The molecule has 0 amide bonds. The molecule has 2 rings (SSSR count). The molecule has 2 aromatic rings. The van der Waals surface area contributed by atoms with Gasteiger partial charge in [0.1, 0.15) is 0 Å². The van der Waals surface area contributed by atoms with Crippen LogP contribution in [0.4, 0.5) is 0 Å². The summed E-state index contributed by atoms with van der Waals surface area (Å²) in [4.78, 5) is 4.53. The maximum Gasteiger partial charge on any atom is 0.0737 e. The van der Waals surface area contributed by atoms with Gasteiger partial charge in [-0.15, -0.1) is 0 Å². The van der Waals surface area contributed by atoms with Crippen LogP contribution in [0.5, 0.6) is 0 Å². The van der Waals surface area contributed by atoms with Crippen LogP contribution in [0.25, 0.3) is 10.9 Å². The maximum absolute atomic E-state index is 5.60. The zero-order valence-electron chi connectivity index (χ0n) is 8.54. The van der Waals surface area contributed by atoms with Gasteiger partial charge >= 0.3 is 0 Å². The number of aryl methyl sites for hydroxylation is 2. The van der Waals surface area contributed by atoms with Crippen LogP contribution in [0.1, 0.15) is 16.8 Å². The van der Waals surface area contributed by atoms with Gasteiger partial charge in [0.25, 0.3) is 0 Å². The molecular weight excluding hydrogens is 172 g/mol. The van der Waals surface area contributed by atoms with Gasteiger partial charge in [-0.2, -0.15) is 0 Å².